The second-order valence-electron chi connectivity index (χ2n) is 2.35. The molecule has 0 saturated carbocycles. The Morgan fingerprint density at radius 2 is 2.33 bits per heavy atom. The maximum atomic E-state index is 12.0. The molecule has 1 aromatic rings. The molecule has 1 atom stereocenters. The van der Waals surface area contributed by atoms with Crippen LogP contribution in [0.25, 0.3) is 0 Å². The molecule has 0 bridgehead atoms. The van der Waals surface area contributed by atoms with Gasteiger partial charge in [0.1, 0.15) is 5.82 Å². The molecule has 0 aliphatic rings. The molecule has 1 heterocycles. The van der Waals surface area contributed by atoms with Gasteiger partial charge in [-0.3, -0.25) is 0 Å². The molecule has 1 rings (SSSR count). The van der Waals surface area contributed by atoms with Gasteiger partial charge >= 0.3 is 0 Å². The van der Waals surface area contributed by atoms with Crippen molar-refractivity contribution in [1.82, 2.24) is 9.55 Å². The van der Waals surface area contributed by atoms with Gasteiger partial charge in [0.2, 0.25) is 0 Å². The molecule has 0 spiro atoms. The first kappa shape index (κ1) is 9.12. The van der Waals surface area contributed by atoms with E-state index in [-0.39, 0.29) is 5.82 Å². The van der Waals surface area contributed by atoms with E-state index in [1.165, 1.54) is 10.8 Å². The zero-order valence-electron chi connectivity index (χ0n) is 6.61. The summed E-state index contributed by atoms with van der Waals surface area (Å²) in [5.41, 5.74) is 0. The molecule has 0 saturated heterocycles. The molecule has 0 aromatic carbocycles. The van der Waals surface area contributed by atoms with Crippen LogP contribution in [0.3, 0.4) is 0 Å². The lowest BCUT2D eigenvalue weighted by atomic mass is 10.3. The first-order valence-electron chi connectivity index (χ1n) is 3.64. The van der Waals surface area contributed by atoms with E-state index in [9.17, 15) is 8.78 Å². The topological polar surface area (TPSA) is 38.0 Å². The summed E-state index contributed by atoms with van der Waals surface area (Å²) in [5.74, 6) is 0.0208. The molecule has 68 valence electrons. The minimum atomic E-state index is -2.78. The van der Waals surface area contributed by atoms with Gasteiger partial charge in [-0.25, -0.2) is 13.8 Å². The van der Waals surface area contributed by atoms with Gasteiger partial charge in [0.25, 0.3) is 6.43 Å². The van der Waals surface area contributed by atoms with Crippen molar-refractivity contribution in [2.45, 2.75) is 26.0 Å². The Kier molecular flexibility index (Phi) is 2.75. The van der Waals surface area contributed by atoms with E-state index in [0.29, 0.717) is 6.54 Å². The van der Waals surface area contributed by atoms with Crippen LogP contribution < -0.4 is 0 Å². The summed E-state index contributed by atoms with van der Waals surface area (Å²) in [6.07, 6.45) is -1.61. The average Bonchev–Trinajstić information content (AvgIpc) is 2.49. The molecule has 1 N–H and O–H groups in total. The Balaban J connectivity index is 2.86. The molecule has 0 amide bonds. The number of imidazole rings is 1. The van der Waals surface area contributed by atoms with Gasteiger partial charge in [-0.1, -0.05) is 0 Å². The highest BCUT2D eigenvalue weighted by molar-refractivity contribution is 4.97. The van der Waals surface area contributed by atoms with Gasteiger partial charge < -0.3 is 9.67 Å². The lowest BCUT2D eigenvalue weighted by Crippen LogP contribution is -2.14. The molecule has 0 radical (unpaired) electrons. The summed E-state index contributed by atoms with van der Waals surface area (Å²) in [7, 11) is 0. The predicted molar refractivity (Wildman–Crippen MR) is 38.9 cm³/mol. The predicted octanol–water partition coefficient (Wildman–Crippen LogP) is 1.20. The molecule has 0 aliphatic heterocycles. The van der Waals surface area contributed by atoms with Crippen LogP contribution in [0, 0.1) is 0 Å². The van der Waals surface area contributed by atoms with Crippen LogP contribution in [-0.4, -0.2) is 21.1 Å². The third-order valence-electron chi connectivity index (χ3n) is 1.59. The zero-order chi connectivity index (χ0) is 9.14. The lowest BCUT2D eigenvalue weighted by molar-refractivity contribution is -0.0126. The van der Waals surface area contributed by atoms with E-state index < -0.39 is 12.5 Å². The molecule has 3 nitrogen and oxygen atoms in total. The van der Waals surface area contributed by atoms with Gasteiger partial charge in [0.05, 0.1) is 0 Å². The number of hydrogen-bond acceptors (Lipinski definition) is 2. The minimum absolute atomic E-state index is 0.0208. The Morgan fingerprint density at radius 1 is 1.67 bits per heavy atom. The number of aryl methyl sites for hydroxylation is 1. The first-order chi connectivity index (χ1) is 5.66. The van der Waals surface area contributed by atoms with Gasteiger partial charge in [-0.05, 0) is 6.92 Å². The third-order valence-corrected chi connectivity index (χ3v) is 1.59. The summed E-state index contributed by atoms with van der Waals surface area (Å²) in [4.78, 5) is 3.64. The number of halogens is 2. The number of nitrogens with zero attached hydrogens (tertiary/aromatic N) is 2. The molecule has 1 unspecified atom stereocenters. The van der Waals surface area contributed by atoms with Crippen LogP contribution in [0.1, 0.15) is 18.9 Å². The Hall–Kier alpha value is -0.970. The van der Waals surface area contributed by atoms with Crippen molar-refractivity contribution in [3.63, 3.8) is 0 Å². The van der Waals surface area contributed by atoms with Crippen molar-refractivity contribution < 1.29 is 13.9 Å². The molecular formula is C7H10F2N2O. The van der Waals surface area contributed by atoms with E-state index in [0.717, 1.165) is 0 Å². The first-order valence-corrected chi connectivity index (χ1v) is 3.64. The number of aliphatic hydroxyl groups excluding tert-OH is 1. The monoisotopic (exact) mass is 176 g/mol. The summed E-state index contributed by atoms with van der Waals surface area (Å²) in [5, 5.41) is 8.97. The molecule has 5 heteroatoms. The van der Waals surface area contributed by atoms with E-state index in [4.69, 9.17) is 5.11 Å². The van der Waals surface area contributed by atoms with E-state index in [1.54, 1.807) is 13.1 Å². The van der Waals surface area contributed by atoms with E-state index in [1.807, 2.05) is 0 Å². The highest BCUT2D eigenvalue weighted by Crippen LogP contribution is 2.18. The van der Waals surface area contributed by atoms with Gasteiger partial charge in [-0.15, -0.1) is 0 Å². The Bertz CT molecular complexity index is 249. The summed E-state index contributed by atoms with van der Waals surface area (Å²) in [6.45, 7) is 2.32. The smallest absolute Gasteiger partial charge is 0.271 e. The molecule has 1 aromatic heterocycles. The van der Waals surface area contributed by atoms with Crippen molar-refractivity contribution in [2.24, 2.45) is 0 Å². The lowest BCUT2D eigenvalue weighted by Gasteiger charge is -2.10. The highest BCUT2D eigenvalue weighted by Gasteiger charge is 2.22. The maximum Gasteiger partial charge on any atom is 0.271 e. The van der Waals surface area contributed by atoms with Crippen LogP contribution in [0.15, 0.2) is 12.4 Å². The maximum absolute atomic E-state index is 12.0. The van der Waals surface area contributed by atoms with Crippen molar-refractivity contribution in [3.05, 3.63) is 18.2 Å². The Labute approximate surface area is 68.7 Å². The average molecular weight is 176 g/mol. The van der Waals surface area contributed by atoms with Crippen LogP contribution in [0.5, 0.6) is 0 Å². The van der Waals surface area contributed by atoms with Crippen molar-refractivity contribution in [3.8, 4) is 0 Å². The number of aliphatic hydroxyl groups is 1. The van der Waals surface area contributed by atoms with Gasteiger partial charge in [0, 0.05) is 18.9 Å². The van der Waals surface area contributed by atoms with Crippen LogP contribution in [0.4, 0.5) is 8.78 Å². The van der Waals surface area contributed by atoms with Crippen molar-refractivity contribution in [1.29, 1.82) is 0 Å². The highest BCUT2D eigenvalue weighted by atomic mass is 19.3. The number of alkyl halides is 2. The molecule has 0 aliphatic carbocycles. The van der Waals surface area contributed by atoms with Crippen molar-refractivity contribution in [2.75, 3.05) is 0 Å². The van der Waals surface area contributed by atoms with Crippen LogP contribution in [-0.2, 0) is 6.54 Å². The van der Waals surface area contributed by atoms with Crippen LogP contribution in [0.2, 0.25) is 0 Å². The number of hydrogen-bond donors (Lipinski definition) is 1. The standard InChI is InChI=1S/C7H10F2N2O/c1-2-11-4-3-10-7(11)5(12)6(8)9/h3-6,12H,2H2,1H3. The van der Waals surface area contributed by atoms with Gasteiger partial charge in [0.15, 0.2) is 6.10 Å². The fourth-order valence-corrected chi connectivity index (χ4v) is 0.967. The van der Waals surface area contributed by atoms with E-state index >= 15 is 0 Å². The third kappa shape index (κ3) is 1.61. The van der Waals surface area contributed by atoms with Crippen LogP contribution >= 0.6 is 0 Å². The number of rotatable bonds is 3. The summed E-state index contributed by atoms with van der Waals surface area (Å²) in [6, 6.07) is 0. The van der Waals surface area contributed by atoms with Crippen molar-refractivity contribution >= 4 is 0 Å². The second kappa shape index (κ2) is 3.62. The molecule has 12 heavy (non-hydrogen) atoms. The fourth-order valence-electron chi connectivity index (χ4n) is 0.967. The quantitative estimate of drug-likeness (QED) is 0.751. The van der Waals surface area contributed by atoms with E-state index in [2.05, 4.69) is 4.98 Å². The Morgan fingerprint density at radius 3 is 2.83 bits per heavy atom. The minimum Gasteiger partial charge on any atom is -0.379 e. The fraction of sp³-hybridized carbons (Fsp3) is 0.571. The largest absolute Gasteiger partial charge is 0.379 e. The summed E-state index contributed by atoms with van der Waals surface area (Å²) >= 11 is 0. The zero-order valence-corrected chi connectivity index (χ0v) is 6.61. The van der Waals surface area contributed by atoms with Gasteiger partial charge in [-0.2, -0.15) is 0 Å². The molecule has 0 fully saturated rings. The molecular weight excluding hydrogens is 166 g/mol. The normalized spacial score (nSPS) is 13.8. The summed E-state index contributed by atoms with van der Waals surface area (Å²) < 4.78 is 25.5. The second-order valence-corrected chi connectivity index (χ2v) is 2.35. The number of aromatic nitrogens is 2. The SMILES string of the molecule is CCn1ccnc1C(O)C(F)F.